The van der Waals surface area contributed by atoms with Crippen molar-refractivity contribution >= 4 is 5.91 Å². The molecule has 3 nitrogen and oxygen atoms in total. The Bertz CT molecular complexity index is 401. The van der Waals surface area contributed by atoms with Crippen molar-refractivity contribution in [2.24, 2.45) is 0 Å². The molecule has 0 aromatic carbocycles. The van der Waals surface area contributed by atoms with Gasteiger partial charge >= 0.3 is 6.18 Å². The van der Waals surface area contributed by atoms with Crippen LogP contribution in [0.1, 0.15) is 37.1 Å². The molecule has 0 aliphatic rings. The minimum Gasteiger partial charge on any atom is -0.348 e. The molecule has 0 radical (unpaired) electrons. The van der Waals surface area contributed by atoms with Crippen LogP contribution in [0.4, 0.5) is 13.2 Å². The minimum absolute atomic E-state index is 0.397. The number of pyridine rings is 1. The second-order valence-corrected chi connectivity index (χ2v) is 4.16. The van der Waals surface area contributed by atoms with E-state index in [2.05, 4.69) is 10.3 Å². The third kappa shape index (κ3) is 5.16. The molecule has 1 aromatic heterocycles. The van der Waals surface area contributed by atoms with Crippen molar-refractivity contribution in [1.29, 1.82) is 0 Å². The molecule has 1 heterocycles. The summed E-state index contributed by atoms with van der Waals surface area (Å²) in [5.74, 6) is -0.623. The number of alkyl halides is 3. The Hall–Kier alpha value is -1.59. The fraction of sp³-hybridized carbons (Fsp3) is 0.500. The van der Waals surface area contributed by atoms with Gasteiger partial charge in [-0.25, -0.2) is 0 Å². The molecule has 100 valence electrons. The molecule has 1 atom stereocenters. The number of hydrogen-bond acceptors (Lipinski definition) is 2. The van der Waals surface area contributed by atoms with Gasteiger partial charge in [0.05, 0.1) is 18.2 Å². The fourth-order valence-corrected chi connectivity index (χ4v) is 1.38. The van der Waals surface area contributed by atoms with Gasteiger partial charge in [-0.15, -0.1) is 0 Å². The third-order valence-corrected chi connectivity index (χ3v) is 2.39. The summed E-state index contributed by atoms with van der Waals surface area (Å²) in [6, 6.07) is 3.18. The van der Waals surface area contributed by atoms with Crippen molar-refractivity contribution in [3.63, 3.8) is 0 Å². The summed E-state index contributed by atoms with van der Waals surface area (Å²) >= 11 is 0. The molecule has 0 bridgehead atoms. The summed E-state index contributed by atoms with van der Waals surface area (Å²) < 4.78 is 35.8. The summed E-state index contributed by atoms with van der Waals surface area (Å²) in [4.78, 5) is 15.4. The normalized spacial score (nSPS) is 13.2. The van der Waals surface area contributed by atoms with Crippen LogP contribution in [0.25, 0.3) is 0 Å². The van der Waals surface area contributed by atoms with Crippen molar-refractivity contribution in [3.8, 4) is 0 Å². The summed E-state index contributed by atoms with van der Waals surface area (Å²) in [7, 11) is 0. The van der Waals surface area contributed by atoms with Crippen LogP contribution in [-0.2, 0) is 4.79 Å². The van der Waals surface area contributed by atoms with Crippen molar-refractivity contribution in [2.45, 2.75) is 38.9 Å². The summed E-state index contributed by atoms with van der Waals surface area (Å²) in [5, 5.41) is 2.49. The quantitative estimate of drug-likeness (QED) is 0.904. The lowest BCUT2D eigenvalue weighted by molar-refractivity contribution is -0.144. The molecule has 1 rings (SSSR count). The van der Waals surface area contributed by atoms with Crippen molar-refractivity contribution in [2.75, 3.05) is 0 Å². The predicted molar refractivity (Wildman–Crippen MR) is 60.8 cm³/mol. The van der Waals surface area contributed by atoms with Gasteiger partial charge in [0.25, 0.3) is 0 Å². The van der Waals surface area contributed by atoms with E-state index in [4.69, 9.17) is 0 Å². The van der Waals surface area contributed by atoms with Gasteiger partial charge in [0.2, 0.25) is 5.91 Å². The number of aromatic nitrogens is 1. The summed E-state index contributed by atoms with van der Waals surface area (Å²) in [6.07, 6.45) is -4.32. The number of halogens is 3. The molecule has 1 unspecified atom stereocenters. The van der Waals surface area contributed by atoms with E-state index in [0.29, 0.717) is 5.69 Å². The zero-order valence-corrected chi connectivity index (χ0v) is 10.2. The van der Waals surface area contributed by atoms with E-state index in [-0.39, 0.29) is 0 Å². The van der Waals surface area contributed by atoms with E-state index in [9.17, 15) is 18.0 Å². The maximum absolute atomic E-state index is 11.9. The first-order valence-corrected chi connectivity index (χ1v) is 5.56. The zero-order valence-electron chi connectivity index (χ0n) is 10.2. The average Bonchev–Trinajstić information content (AvgIpc) is 2.26. The van der Waals surface area contributed by atoms with Crippen LogP contribution in [0.2, 0.25) is 0 Å². The molecule has 0 fully saturated rings. The second kappa shape index (κ2) is 5.84. The van der Waals surface area contributed by atoms with Gasteiger partial charge in [-0.05, 0) is 25.5 Å². The molecule has 0 spiro atoms. The van der Waals surface area contributed by atoms with E-state index in [1.807, 2.05) is 13.0 Å². The van der Waals surface area contributed by atoms with Crippen molar-refractivity contribution < 1.29 is 18.0 Å². The summed E-state index contributed by atoms with van der Waals surface area (Å²) in [5.41, 5.74) is 1.61. The van der Waals surface area contributed by atoms with Crippen LogP contribution in [0.3, 0.4) is 0 Å². The Morgan fingerprint density at radius 3 is 2.61 bits per heavy atom. The lowest BCUT2D eigenvalue weighted by atomic mass is 10.2. The largest absolute Gasteiger partial charge is 0.389 e. The number of aryl methyl sites for hydroxylation is 1. The second-order valence-electron chi connectivity index (χ2n) is 4.16. The van der Waals surface area contributed by atoms with Gasteiger partial charge < -0.3 is 5.32 Å². The van der Waals surface area contributed by atoms with Gasteiger partial charge in [-0.3, -0.25) is 9.78 Å². The maximum Gasteiger partial charge on any atom is 0.389 e. The predicted octanol–water partition coefficient (Wildman–Crippen LogP) is 2.91. The highest BCUT2D eigenvalue weighted by Gasteiger charge is 2.28. The van der Waals surface area contributed by atoms with Gasteiger partial charge in [0, 0.05) is 12.6 Å². The molecular weight excluding hydrogens is 245 g/mol. The lowest BCUT2D eigenvalue weighted by Gasteiger charge is -2.14. The lowest BCUT2D eigenvalue weighted by Crippen LogP contribution is -2.28. The maximum atomic E-state index is 11.9. The number of amides is 1. The van der Waals surface area contributed by atoms with E-state index in [1.54, 1.807) is 19.2 Å². The number of hydrogen-bond donors (Lipinski definition) is 1. The Balaban J connectivity index is 2.47. The Morgan fingerprint density at radius 2 is 2.11 bits per heavy atom. The number of carbonyl (C=O) groups is 1. The number of carbonyl (C=O) groups excluding carboxylic acids is 1. The molecule has 1 N–H and O–H groups in total. The van der Waals surface area contributed by atoms with Gasteiger partial charge in [0.1, 0.15) is 0 Å². The van der Waals surface area contributed by atoms with E-state index >= 15 is 0 Å². The van der Waals surface area contributed by atoms with Crippen molar-refractivity contribution in [1.82, 2.24) is 10.3 Å². The van der Waals surface area contributed by atoms with E-state index < -0.39 is 31.0 Å². The van der Waals surface area contributed by atoms with Crippen LogP contribution in [0.15, 0.2) is 18.3 Å². The Kier molecular flexibility index (Phi) is 4.69. The standard InChI is InChI=1S/C12H15F3N2O/c1-8-3-4-10(16-7-8)9(2)17-11(18)5-6-12(13,14)15/h3-4,7,9H,5-6H2,1-2H3,(H,17,18). The molecule has 0 saturated carbocycles. The fourth-order valence-electron chi connectivity index (χ4n) is 1.38. The molecule has 1 aromatic rings. The highest BCUT2D eigenvalue weighted by molar-refractivity contribution is 5.76. The van der Waals surface area contributed by atoms with Crippen LogP contribution in [0.5, 0.6) is 0 Å². The van der Waals surface area contributed by atoms with Crippen LogP contribution < -0.4 is 5.32 Å². The van der Waals surface area contributed by atoms with Crippen molar-refractivity contribution in [3.05, 3.63) is 29.6 Å². The molecule has 18 heavy (non-hydrogen) atoms. The first-order chi connectivity index (χ1) is 8.28. The monoisotopic (exact) mass is 260 g/mol. The Labute approximate surface area is 103 Å². The van der Waals surface area contributed by atoms with E-state index in [1.165, 1.54) is 0 Å². The molecule has 6 heteroatoms. The number of nitrogens with zero attached hydrogens (tertiary/aromatic N) is 1. The highest BCUT2D eigenvalue weighted by atomic mass is 19.4. The van der Waals surface area contributed by atoms with Gasteiger partial charge in [-0.2, -0.15) is 13.2 Å². The molecule has 0 aliphatic carbocycles. The topological polar surface area (TPSA) is 42.0 Å². The van der Waals surface area contributed by atoms with E-state index in [0.717, 1.165) is 5.56 Å². The third-order valence-electron chi connectivity index (χ3n) is 2.39. The van der Waals surface area contributed by atoms with Crippen LogP contribution in [-0.4, -0.2) is 17.1 Å². The van der Waals surface area contributed by atoms with Crippen LogP contribution >= 0.6 is 0 Å². The van der Waals surface area contributed by atoms with Crippen LogP contribution in [0, 0.1) is 6.92 Å². The SMILES string of the molecule is Cc1ccc(C(C)NC(=O)CCC(F)(F)F)nc1. The van der Waals surface area contributed by atoms with Gasteiger partial charge in [0.15, 0.2) is 0 Å². The zero-order chi connectivity index (χ0) is 13.8. The van der Waals surface area contributed by atoms with Gasteiger partial charge in [-0.1, -0.05) is 6.07 Å². The average molecular weight is 260 g/mol. The number of rotatable bonds is 4. The molecule has 0 saturated heterocycles. The highest BCUT2D eigenvalue weighted by Crippen LogP contribution is 2.21. The first kappa shape index (κ1) is 14.5. The molecular formula is C12H15F3N2O. The number of nitrogens with one attached hydrogen (secondary N) is 1. The minimum atomic E-state index is -4.30. The first-order valence-electron chi connectivity index (χ1n) is 5.56. The molecule has 1 amide bonds. The Morgan fingerprint density at radius 1 is 1.44 bits per heavy atom. The summed E-state index contributed by atoms with van der Waals surface area (Å²) in [6.45, 7) is 3.56. The smallest absolute Gasteiger partial charge is 0.348 e. The molecule has 0 aliphatic heterocycles.